The van der Waals surface area contributed by atoms with E-state index in [2.05, 4.69) is 5.32 Å². The Labute approximate surface area is 154 Å². The van der Waals surface area contributed by atoms with Crippen LogP contribution in [0.15, 0.2) is 24.3 Å². The van der Waals surface area contributed by atoms with Gasteiger partial charge in [-0.15, -0.1) is 0 Å². The summed E-state index contributed by atoms with van der Waals surface area (Å²) in [6.45, 7) is 6.45. The SMILES string of the molecule is COc1ccccc1C(CNC(=O)N1CCC(C)(C(=O)O)C1)OC(C)C. The van der Waals surface area contributed by atoms with Gasteiger partial charge in [-0.25, -0.2) is 4.79 Å². The number of benzene rings is 1. The van der Waals surface area contributed by atoms with Gasteiger partial charge in [0.05, 0.1) is 18.6 Å². The molecule has 2 amide bonds. The van der Waals surface area contributed by atoms with Crippen LogP contribution in [0.4, 0.5) is 4.79 Å². The Bertz CT molecular complexity index is 649. The lowest BCUT2D eigenvalue weighted by Gasteiger charge is -2.25. The normalized spacial score (nSPS) is 20.9. The van der Waals surface area contributed by atoms with Crippen LogP contribution in [-0.2, 0) is 9.53 Å². The van der Waals surface area contributed by atoms with Crippen molar-refractivity contribution in [2.24, 2.45) is 5.41 Å². The van der Waals surface area contributed by atoms with E-state index in [0.29, 0.717) is 18.7 Å². The number of hydrogen-bond acceptors (Lipinski definition) is 4. The standard InChI is InChI=1S/C19H28N2O5/c1-13(2)26-16(14-7-5-6-8-15(14)25-4)11-20-18(24)21-10-9-19(3,12-21)17(22)23/h5-8,13,16H,9-12H2,1-4H3,(H,20,24)(H,22,23). The molecule has 7 heteroatoms. The number of para-hydroxylation sites is 1. The number of carboxylic acid groups (broad SMARTS) is 1. The molecule has 0 spiro atoms. The van der Waals surface area contributed by atoms with Crippen LogP contribution in [0.25, 0.3) is 0 Å². The second kappa shape index (κ2) is 8.40. The number of carbonyl (C=O) groups excluding carboxylic acids is 1. The lowest BCUT2D eigenvalue weighted by atomic mass is 9.90. The van der Waals surface area contributed by atoms with Crippen LogP contribution in [-0.4, -0.2) is 54.9 Å². The summed E-state index contributed by atoms with van der Waals surface area (Å²) in [6.07, 6.45) is 0.0706. The maximum atomic E-state index is 12.5. The van der Waals surface area contributed by atoms with Crippen LogP contribution in [0.1, 0.15) is 38.9 Å². The van der Waals surface area contributed by atoms with Gasteiger partial charge in [0.1, 0.15) is 11.9 Å². The van der Waals surface area contributed by atoms with E-state index in [1.807, 2.05) is 38.1 Å². The molecule has 1 saturated heterocycles. The van der Waals surface area contributed by atoms with Gasteiger partial charge in [0.15, 0.2) is 0 Å². The van der Waals surface area contributed by atoms with E-state index >= 15 is 0 Å². The van der Waals surface area contributed by atoms with E-state index in [0.717, 1.165) is 5.56 Å². The molecule has 2 atom stereocenters. The Hall–Kier alpha value is -2.28. The highest BCUT2D eigenvalue weighted by molar-refractivity contribution is 5.79. The van der Waals surface area contributed by atoms with Crippen molar-refractivity contribution in [3.8, 4) is 5.75 Å². The van der Waals surface area contributed by atoms with E-state index in [-0.39, 0.29) is 31.3 Å². The molecule has 0 bridgehead atoms. The number of urea groups is 1. The zero-order valence-corrected chi connectivity index (χ0v) is 15.8. The number of rotatable bonds is 7. The predicted octanol–water partition coefficient (Wildman–Crippen LogP) is 2.67. The number of carboxylic acids is 1. The number of nitrogens with one attached hydrogen (secondary N) is 1. The number of methoxy groups -OCH3 is 1. The minimum absolute atomic E-state index is 0.0242. The van der Waals surface area contributed by atoms with Gasteiger partial charge in [0.2, 0.25) is 0 Å². The molecule has 1 aliphatic rings. The number of amides is 2. The Morgan fingerprint density at radius 3 is 2.62 bits per heavy atom. The summed E-state index contributed by atoms with van der Waals surface area (Å²) in [5.41, 5.74) is -0.0193. The molecule has 2 rings (SSSR count). The largest absolute Gasteiger partial charge is 0.496 e. The Morgan fingerprint density at radius 2 is 2.04 bits per heavy atom. The van der Waals surface area contributed by atoms with Gasteiger partial charge in [-0.3, -0.25) is 4.79 Å². The molecule has 0 radical (unpaired) electrons. The van der Waals surface area contributed by atoms with E-state index in [9.17, 15) is 14.7 Å². The quantitative estimate of drug-likeness (QED) is 0.777. The third-order valence-electron chi connectivity index (χ3n) is 4.64. The van der Waals surface area contributed by atoms with Crippen molar-refractivity contribution < 1.29 is 24.2 Å². The molecule has 1 aromatic rings. The maximum Gasteiger partial charge on any atom is 0.317 e. The molecule has 26 heavy (non-hydrogen) atoms. The Kier molecular flexibility index (Phi) is 6.47. The number of nitrogens with zero attached hydrogens (tertiary/aromatic N) is 1. The first-order valence-electron chi connectivity index (χ1n) is 8.81. The average molecular weight is 364 g/mol. The van der Waals surface area contributed by atoms with Crippen molar-refractivity contribution in [1.29, 1.82) is 0 Å². The third kappa shape index (κ3) is 4.66. The van der Waals surface area contributed by atoms with E-state index in [1.165, 1.54) is 0 Å². The third-order valence-corrected chi connectivity index (χ3v) is 4.64. The number of likely N-dealkylation sites (tertiary alicyclic amines) is 1. The predicted molar refractivity (Wildman–Crippen MR) is 97.3 cm³/mol. The van der Waals surface area contributed by atoms with Gasteiger partial charge in [0, 0.05) is 25.2 Å². The van der Waals surface area contributed by atoms with Gasteiger partial charge < -0.3 is 24.8 Å². The second-order valence-corrected chi connectivity index (χ2v) is 7.14. The molecule has 2 N–H and O–H groups in total. The van der Waals surface area contributed by atoms with E-state index in [4.69, 9.17) is 9.47 Å². The number of ether oxygens (including phenoxy) is 2. The van der Waals surface area contributed by atoms with E-state index in [1.54, 1.807) is 18.9 Å². The van der Waals surface area contributed by atoms with Crippen molar-refractivity contribution in [2.45, 2.75) is 39.4 Å². The molecule has 0 saturated carbocycles. The summed E-state index contributed by atoms with van der Waals surface area (Å²) in [5.74, 6) is -0.171. The smallest absolute Gasteiger partial charge is 0.317 e. The first-order valence-corrected chi connectivity index (χ1v) is 8.81. The first kappa shape index (κ1) is 20.0. The zero-order valence-electron chi connectivity index (χ0n) is 15.8. The van der Waals surface area contributed by atoms with Gasteiger partial charge in [0.25, 0.3) is 0 Å². The molecule has 7 nitrogen and oxygen atoms in total. The zero-order chi connectivity index (χ0) is 19.3. The number of hydrogen-bond donors (Lipinski definition) is 2. The van der Waals surface area contributed by atoms with Crippen LogP contribution >= 0.6 is 0 Å². The highest BCUT2D eigenvalue weighted by atomic mass is 16.5. The van der Waals surface area contributed by atoms with Crippen molar-refractivity contribution in [3.63, 3.8) is 0 Å². The highest BCUT2D eigenvalue weighted by Gasteiger charge is 2.42. The van der Waals surface area contributed by atoms with Gasteiger partial charge in [-0.2, -0.15) is 0 Å². The molecule has 1 heterocycles. The summed E-state index contributed by atoms with van der Waals surface area (Å²) in [4.78, 5) is 25.4. The van der Waals surface area contributed by atoms with Crippen molar-refractivity contribution in [1.82, 2.24) is 10.2 Å². The summed E-state index contributed by atoms with van der Waals surface area (Å²) >= 11 is 0. The fourth-order valence-corrected chi connectivity index (χ4v) is 3.09. The fraction of sp³-hybridized carbons (Fsp3) is 0.579. The highest BCUT2D eigenvalue weighted by Crippen LogP contribution is 2.31. The molecular weight excluding hydrogens is 336 g/mol. The summed E-state index contributed by atoms with van der Waals surface area (Å²) in [5, 5.41) is 12.2. The average Bonchev–Trinajstić information content (AvgIpc) is 3.02. The van der Waals surface area contributed by atoms with Crippen molar-refractivity contribution in [2.75, 3.05) is 26.7 Å². The molecule has 2 unspecified atom stereocenters. The molecular formula is C19H28N2O5. The lowest BCUT2D eigenvalue weighted by molar-refractivity contribution is -0.147. The monoisotopic (exact) mass is 364 g/mol. The second-order valence-electron chi connectivity index (χ2n) is 7.14. The topological polar surface area (TPSA) is 88.1 Å². The number of carbonyl (C=O) groups is 2. The summed E-state index contributed by atoms with van der Waals surface area (Å²) in [6, 6.07) is 7.27. The molecule has 1 aliphatic heterocycles. The van der Waals surface area contributed by atoms with Gasteiger partial charge in [-0.1, -0.05) is 18.2 Å². The van der Waals surface area contributed by atoms with Crippen molar-refractivity contribution in [3.05, 3.63) is 29.8 Å². The van der Waals surface area contributed by atoms with Crippen molar-refractivity contribution >= 4 is 12.0 Å². The molecule has 0 aliphatic carbocycles. The van der Waals surface area contributed by atoms with Crippen LogP contribution in [0.3, 0.4) is 0 Å². The van der Waals surface area contributed by atoms with Crippen LogP contribution in [0, 0.1) is 5.41 Å². The van der Waals surface area contributed by atoms with Crippen LogP contribution in [0.5, 0.6) is 5.75 Å². The van der Waals surface area contributed by atoms with Gasteiger partial charge >= 0.3 is 12.0 Å². The Balaban J connectivity index is 2.03. The summed E-state index contributed by atoms with van der Waals surface area (Å²) in [7, 11) is 1.60. The first-order chi connectivity index (χ1) is 12.3. The maximum absolute atomic E-state index is 12.5. The minimum Gasteiger partial charge on any atom is -0.496 e. The molecule has 0 aromatic heterocycles. The Morgan fingerprint density at radius 1 is 1.35 bits per heavy atom. The number of aliphatic carboxylic acids is 1. The molecule has 144 valence electrons. The van der Waals surface area contributed by atoms with Gasteiger partial charge in [-0.05, 0) is 33.3 Å². The summed E-state index contributed by atoms with van der Waals surface area (Å²) < 4.78 is 11.4. The minimum atomic E-state index is -0.881. The van der Waals surface area contributed by atoms with E-state index < -0.39 is 11.4 Å². The fourth-order valence-electron chi connectivity index (χ4n) is 3.09. The molecule has 1 fully saturated rings. The lowest BCUT2D eigenvalue weighted by Crippen LogP contribution is -2.42. The van der Waals surface area contributed by atoms with Crippen LogP contribution in [0.2, 0.25) is 0 Å². The van der Waals surface area contributed by atoms with Crippen LogP contribution < -0.4 is 10.1 Å². The molecule has 1 aromatic carbocycles.